The van der Waals surface area contributed by atoms with Gasteiger partial charge in [0.2, 0.25) is 17.8 Å². The van der Waals surface area contributed by atoms with Gasteiger partial charge in [-0.1, -0.05) is 11.8 Å². The van der Waals surface area contributed by atoms with E-state index < -0.39 is 11.2 Å². The molecule has 0 aliphatic carbocycles. The highest BCUT2D eigenvalue weighted by atomic mass is 32.2. The van der Waals surface area contributed by atoms with Crippen LogP contribution in [0.4, 0.5) is 11.6 Å². The molecule has 0 fully saturated rings. The summed E-state index contributed by atoms with van der Waals surface area (Å²) in [6.07, 6.45) is 1.29. The number of hydrogen-bond acceptors (Lipinski definition) is 7. The first-order valence-electron chi connectivity index (χ1n) is 6.27. The fraction of sp³-hybridized carbons (Fsp3) is 0.154. The number of anilines is 2. The van der Waals surface area contributed by atoms with E-state index in [2.05, 4.69) is 20.3 Å². The number of carbonyl (C=O) groups excluding carboxylic acids is 2. The van der Waals surface area contributed by atoms with E-state index in [-0.39, 0.29) is 11.9 Å². The highest BCUT2D eigenvalue weighted by Gasteiger charge is 2.16. The predicted octanol–water partition coefficient (Wildman–Crippen LogP) is 0.672. The van der Waals surface area contributed by atoms with E-state index in [4.69, 9.17) is 11.5 Å². The molecule has 1 heterocycles. The quantitative estimate of drug-likeness (QED) is 0.689. The molecule has 0 spiro atoms. The number of rotatable bonds is 5. The second kappa shape index (κ2) is 6.85. The van der Waals surface area contributed by atoms with Crippen LogP contribution in [0.3, 0.4) is 0 Å². The Morgan fingerprint density at radius 1 is 1.23 bits per heavy atom. The molecular formula is C13H14N6O2S. The molecule has 9 heteroatoms. The molecule has 1 aromatic carbocycles. The lowest BCUT2D eigenvalue weighted by molar-refractivity contribution is -0.115. The number of thioether (sulfide) groups is 1. The van der Waals surface area contributed by atoms with Crippen molar-refractivity contribution >= 4 is 35.2 Å². The van der Waals surface area contributed by atoms with Crippen molar-refractivity contribution in [1.82, 2.24) is 15.0 Å². The van der Waals surface area contributed by atoms with Crippen molar-refractivity contribution in [3.05, 3.63) is 36.2 Å². The molecule has 1 atom stereocenters. The molecule has 0 aliphatic rings. The van der Waals surface area contributed by atoms with Gasteiger partial charge in [0.25, 0.3) is 0 Å². The monoisotopic (exact) mass is 318 g/mol. The van der Waals surface area contributed by atoms with Crippen LogP contribution in [0, 0.1) is 0 Å². The first-order chi connectivity index (χ1) is 10.5. The summed E-state index contributed by atoms with van der Waals surface area (Å²) >= 11 is 1.16. The van der Waals surface area contributed by atoms with Gasteiger partial charge in [-0.3, -0.25) is 9.59 Å². The maximum absolute atomic E-state index is 12.1. The lowest BCUT2D eigenvalue weighted by Gasteiger charge is -2.11. The van der Waals surface area contributed by atoms with Crippen molar-refractivity contribution in [3.8, 4) is 0 Å². The minimum atomic E-state index is -0.519. The van der Waals surface area contributed by atoms with E-state index >= 15 is 0 Å². The molecule has 0 aliphatic heterocycles. The average Bonchev–Trinajstić information content (AvgIpc) is 2.47. The van der Waals surface area contributed by atoms with E-state index in [9.17, 15) is 9.59 Å². The first-order valence-corrected chi connectivity index (χ1v) is 7.15. The number of hydrogen-bond donors (Lipinski definition) is 3. The predicted molar refractivity (Wildman–Crippen MR) is 83.1 cm³/mol. The fourth-order valence-corrected chi connectivity index (χ4v) is 2.26. The largest absolute Gasteiger partial charge is 0.368 e. The van der Waals surface area contributed by atoms with E-state index in [1.165, 1.54) is 6.33 Å². The third-order valence-electron chi connectivity index (χ3n) is 2.66. The zero-order valence-electron chi connectivity index (χ0n) is 11.7. The summed E-state index contributed by atoms with van der Waals surface area (Å²) in [4.78, 5) is 34.6. The summed E-state index contributed by atoms with van der Waals surface area (Å²) < 4.78 is 0. The zero-order chi connectivity index (χ0) is 16.1. The Hall–Kier alpha value is -2.68. The summed E-state index contributed by atoms with van der Waals surface area (Å²) in [7, 11) is 0. The van der Waals surface area contributed by atoms with E-state index in [1.54, 1.807) is 31.2 Å². The molecule has 0 bridgehead atoms. The van der Waals surface area contributed by atoms with Gasteiger partial charge in [0, 0.05) is 11.3 Å². The van der Waals surface area contributed by atoms with Crippen molar-refractivity contribution < 1.29 is 9.59 Å². The highest BCUT2D eigenvalue weighted by Crippen LogP contribution is 2.20. The summed E-state index contributed by atoms with van der Waals surface area (Å²) in [5.41, 5.74) is 11.6. The molecule has 2 amide bonds. The molecule has 0 radical (unpaired) electrons. The lowest BCUT2D eigenvalue weighted by Crippen LogP contribution is -2.22. The lowest BCUT2D eigenvalue weighted by atomic mass is 10.2. The Morgan fingerprint density at radius 3 is 2.50 bits per heavy atom. The van der Waals surface area contributed by atoms with Crippen LogP contribution in [0.25, 0.3) is 0 Å². The Labute approximate surface area is 130 Å². The average molecular weight is 318 g/mol. The molecule has 2 aromatic rings. The molecule has 1 aromatic heterocycles. The number of amides is 2. The smallest absolute Gasteiger partial charge is 0.248 e. The topological polar surface area (TPSA) is 137 Å². The van der Waals surface area contributed by atoms with Crippen LogP contribution in [0.2, 0.25) is 0 Å². The van der Waals surface area contributed by atoms with Crippen LogP contribution in [0.1, 0.15) is 17.3 Å². The third kappa shape index (κ3) is 4.16. The van der Waals surface area contributed by atoms with Gasteiger partial charge >= 0.3 is 0 Å². The number of nitrogen functional groups attached to an aromatic ring is 1. The number of primary amides is 1. The molecule has 8 nitrogen and oxygen atoms in total. The van der Waals surface area contributed by atoms with Crippen LogP contribution in [-0.4, -0.2) is 32.0 Å². The SMILES string of the molecule is CC(Sc1ncnc(N)n1)C(=O)Nc1ccc(C(N)=O)cc1. The van der Waals surface area contributed by atoms with Gasteiger partial charge < -0.3 is 16.8 Å². The van der Waals surface area contributed by atoms with Gasteiger partial charge in [-0.2, -0.15) is 4.98 Å². The number of carbonyl (C=O) groups is 2. The molecule has 5 N–H and O–H groups in total. The first kappa shape index (κ1) is 15.7. The van der Waals surface area contributed by atoms with Crippen LogP contribution in [0.5, 0.6) is 0 Å². The molecule has 114 valence electrons. The van der Waals surface area contributed by atoms with Crippen LogP contribution in [-0.2, 0) is 4.79 Å². The minimum Gasteiger partial charge on any atom is -0.368 e. The van der Waals surface area contributed by atoms with Gasteiger partial charge in [-0.05, 0) is 31.2 Å². The standard InChI is InChI=1S/C13H14N6O2S/c1-7(22-13-17-6-16-12(15)19-13)11(21)18-9-4-2-8(3-5-9)10(14)20/h2-7H,1H3,(H2,14,20)(H,18,21)(H2,15,16,17,19). The molecule has 0 saturated heterocycles. The summed E-state index contributed by atoms with van der Waals surface area (Å²) in [5.74, 6) is -0.641. The summed E-state index contributed by atoms with van der Waals surface area (Å²) in [6.45, 7) is 1.72. The second-order valence-corrected chi connectivity index (χ2v) is 5.63. The zero-order valence-corrected chi connectivity index (χ0v) is 12.5. The normalized spacial score (nSPS) is 11.7. The molecular weight excluding hydrogens is 304 g/mol. The Bertz CT molecular complexity index is 691. The Kier molecular flexibility index (Phi) is 4.89. The van der Waals surface area contributed by atoms with Crippen molar-refractivity contribution in [2.75, 3.05) is 11.1 Å². The van der Waals surface area contributed by atoms with Crippen molar-refractivity contribution in [2.45, 2.75) is 17.3 Å². The summed E-state index contributed by atoms with van der Waals surface area (Å²) in [6, 6.07) is 6.30. The van der Waals surface area contributed by atoms with E-state index in [0.29, 0.717) is 16.4 Å². The number of benzene rings is 1. The van der Waals surface area contributed by atoms with Crippen molar-refractivity contribution in [2.24, 2.45) is 5.73 Å². The number of nitrogens with two attached hydrogens (primary N) is 2. The third-order valence-corrected chi connectivity index (χ3v) is 3.63. The highest BCUT2D eigenvalue weighted by molar-refractivity contribution is 8.00. The van der Waals surface area contributed by atoms with Crippen LogP contribution in [0.15, 0.2) is 35.7 Å². The van der Waals surface area contributed by atoms with Crippen LogP contribution >= 0.6 is 11.8 Å². The molecule has 2 rings (SSSR count). The maximum Gasteiger partial charge on any atom is 0.248 e. The number of nitrogens with zero attached hydrogens (tertiary/aromatic N) is 3. The molecule has 22 heavy (non-hydrogen) atoms. The van der Waals surface area contributed by atoms with Gasteiger partial charge in [-0.25, -0.2) is 9.97 Å². The van der Waals surface area contributed by atoms with E-state index in [0.717, 1.165) is 11.8 Å². The van der Waals surface area contributed by atoms with Gasteiger partial charge in [0.1, 0.15) is 6.33 Å². The number of aromatic nitrogens is 3. The van der Waals surface area contributed by atoms with Crippen molar-refractivity contribution in [1.29, 1.82) is 0 Å². The number of nitrogens with one attached hydrogen (secondary N) is 1. The molecule has 1 unspecified atom stereocenters. The van der Waals surface area contributed by atoms with Crippen LogP contribution < -0.4 is 16.8 Å². The fourth-order valence-electron chi connectivity index (χ4n) is 1.52. The van der Waals surface area contributed by atoms with Crippen molar-refractivity contribution in [3.63, 3.8) is 0 Å². The second-order valence-electron chi connectivity index (χ2n) is 4.32. The molecule has 0 saturated carbocycles. The Balaban J connectivity index is 1.97. The minimum absolute atomic E-state index is 0.104. The maximum atomic E-state index is 12.1. The van der Waals surface area contributed by atoms with Gasteiger partial charge in [0.15, 0.2) is 5.16 Å². The van der Waals surface area contributed by atoms with Gasteiger partial charge in [0.05, 0.1) is 5.25 Å². The van der Waals surface area contributed by atoms with Gasteiger partial charge in [-0.15, -0.1) is 0 Å². The Morgan fingerprint density at radius 2 is 1.91 bits per heavy atom. The summed E-state index contributed by atoms with van der Waals surface area (Å²) in [5, 5.41) is 2.67. The van der Waals surface area contributed by atoms with E-state index in [1.807, 2.05) is 0 Å².